The largest absolute Gasteiger partial charge is 0.368 e. The lowest BCUT2D eigenvalue weighted by Gasteiger charge is -2.11. The number of anilines is 2. The standard InChI is InChI=1S/C18H18N2O3S/c21-17(10-9-15-3-2-12-24-15)19-13-5-7-14(8-6-13)20-18(22)16-4-1-11-23-16/h2-3,5-10,12,16H,1,4,11H2,(H,19,21)(H,20,22). The predicted molar refractivity (Wildman–Crippen MR) is 96.0 cm³/mol. The highest BCUT2D eigenvalue weighted by Crippen LogP contribution is 2.17. The van der Waals surface area contributed by atoms with E-state index in [1.165, 1.54) is 6.08 Å². The molecule has 0 spiro atoms. The number of amides is 2. The number of rotatable bonds is 5. The molecule has 2 aromatic rings. The SMILES string of the molecule is O=C(C=Cc1cccs1)Nc1ccc(NC(=O)C2CCCO2)cc1. The van der Waals surface area contributed by atoms with E-state index in [1.807, 2.05) is 17.5 Å². The Morgan fingerprint density at radius 2 is 1.88 bits per heavy atom. The summed E-state index contributed by atoms with van der Waals surface area (Å²) < 4.78 is 5.35. The highest BCUT2D eigenvalue weighted by molar-refractivity contribution is 7.10. The minimum absolute atomic E-state index is 0.122. The molecule has 6 heteroatoms. The highest BCUT2D eigenvalue weighted by atomic mass is 32.1. The quantitative estimate of drug-likeness (QED) is 0.817. The highest BCUT2D eigenvalue weighted by Gasteiger charge is 2.23. The third-order valence-corrected chi connectivity index (χ3v) is 4.42. The Morgan fingerprint density at radius 3 is 2.50 bits per heavy atom. The summed E-state index contributed by atoms with van der Waals surface area (Å²) in [5, 5.41) is 7.56. The van der Waals surface area contributed by atoms with Gasteiger partial charge in [0.05, 0.1) is 0 Å². The van der Waals surface area contributed by atoms with Crippen LogP contribution in [0.5, 0.6) is 0 Å². The molecule has 1 aromatic carbocycles. The number of benzene rings is 1. The fourth-order valence-electron chi connectivity index (χ4n) is 2.37. The first-order valence-corrected chi connectivity index (χ1v) is 8.64. The van der Waals surface area contributed by atoms with Crippen LogP contribution in [0, 0.1) is 0 Å². The molecule has 2 N–H and O–H groups in total. The van der Waals surface area contributed by atoms with Crippen LogP contribution in [0.25, 0.3) is 6.08 Å². The molecule has 1 unspecified atom stereocenters. The van der Waals surface area contributed by atoms with Crippen LogP contribution in [0.3, 0.4) is 0 Å². The van der Waals surface area contributed by atoms with E-state index in [4.69, 9.17) is 4.74 Å². The molecule has 1 aliphatic heterocycles. The van der Waals surface area contributed by atoms with Gasteiger partial charge >= 0.3 is 0 Å². The van der Waals surface area contributed by atoms with E-state index in [0.29, 0.717) is 18.0 Å². The summed E-state index contributed by atoms with van der Waals surface area (Å²) in [4.78, 5) is 24.9. The smallest absolute Gasteiger partial charge is 0.253 e. The molecule has 124 valence electrons. The molecular formula is C18H18N2O3S. The van der Waals surface area contributed by atoms with Crippen LogP contribution in [0.1, 0.15) is 17.7 Å². The number of carbonyl (C=O) groups is 2. The van der Waals surface area contributed by atoms with E-state index in [-0.39, 0.29) is 17.9 Å². The van der Waals surface area contributed by atoms with Crippen molar-refractivity contribution in [1.82, 2.24) is 0 Å². The maximum Gasteiger partial charge on any atom is 0.253 e. The normalized spacial score (nSPS) is 17.1. The van der Waals surface area contributed by atoms with Gasteiger partial charge in [0.1, 0.15) is 6.10 Å². The Balaban J connectivity index is 1.52. The number of ether oxygens (including phenoxy) is 1. The van der Waals surface area contributed by atoms with E-state index in [0.717, 1.165) is 17.7 Å². The third kappa shape index (κ3) is 4.53. The second kappa shape index (κ2) is 7.90. The van der Waals surface area contributed by atoms with Crippen LogP contribution in [0.15, 0.2) is 47.9 Å². The first-order valence-electron chi connectivity index (χ1n) is 7.76. The Kier molecular flexibility index (Phi) is 5.40. The molecular weight excluding hydrogens is 324 g/mol. The number of carbonyl (C=O) groups excluding carboxylic acids is 2. The van der Waals surface area contributed by atoms with Crippen molar-refractivity contribution in [3.8, 4) is 0 Å². The van der Waals surface area contributed by atoms with Crippen LogP contribution in [-0.2, 0) is 14.3 Å². The fourth-order valence-corrected chi connectivity index (χ4v) is 2.99. The molecule has 1 aromatic heterocycles. The molecule has 1 aliphatic rings. The van der Waals surface area contributed by atoms with Crippen LogP contribution < -0.4 is 10.6 Å². The lowest BCUT2D eigenvalue weighted by atomic mass is 10.2. The van der Waals surface area contributed by atoms with Crippen molar-refractivity contribution in [1.29, 1.82) is 0 Å². The van der Waals surface area contributed by atoms with Gasteiger partial charge in [0.2, 0.25) is 5.91 Å². The second-order valence-electron chi connectivity index (χ2n) is 5.41. The Bertz CT molecular complexity index is 717. The lowest BCUT2D eigenvalue weighted by Crippen LogP contribution is -2.26. The average molecular weight is 342 g/mol. The van der Waals surface area contributed by atoms with Gasteiger partial charge in [-0.3, -0.25) is 9.59 Å². The van der Waals surface area contributed by atoms with Gasteiger partial charge in [-0.25, -0.2) is 0 Å². The first-order chi connectivity index (χ1) is 11.7. The monoisotopic (exact) mass is 342 g/mol. The molecule has 0 saturated carbocycles. The fraction of sp³-hybridized carbons (Fsp3) is 0.222. The summed E-state index contributed by atoms with van der Waals surface area (Å²) in [6, 6.07) is 10.9. The van der Waals surface area contributed by atoms with Crippen molar-refractivity contribution in [2.75, 3.05) is 17.2 Å². The molecule has 2 amide bonds. The molecule has 2 heterocycles. The van der Waals surface area contributed by atoms with Crippen LogP contribution >= 0.6 is 11.3 Å². The summed E-state index contributed by atoms with van der Waals surface area (Å²) in [5.41, 5.74) is 1.36. The average Bonchev–Trinajstić information content (AvgIpc) is 3.28. The summed E-state index contributed by atoms with van der Waals surface area (Å²) >= 11 is 1.57. The zero-order valence-electron chi connectivity index (χ0n) is 13.0. The predicted octanol–water partition coefficient (Wildman–Crippen LogP) is 3.52. The molecule has 1 saturated heterocycles. The lowest BCUT2D eigenvalue weighted by molar-refractivity contribution is -0.124. The van der Waals surface area contributed by atoms with Crippen molar-refractivity contribution < 1.29 is 14.3 Å². The molecule has 1 fully saturated rings. The maximum absolute atomic E-state index is 12.0. The molecule has 0 radical (unpaired) electrons. The Hall–Kier alpha value is -2.44. The Morgan fingerprint density at radius 1 is 1.12 bits per heavy atom. The van der Waals surface area contributed by atoms with E-state index < -0.39 is 0 Å². The van der Waals surface area contributed by atoms with Crippen molar-refractivity contribution in [2.45, 2.75) is 18.9 Å². The van der Waals surface area contributed by atoms with Crippen LogP contribution in [0.4, 0.5) is 11.4 Å². The van der Waals surface area contributed by atoms with Crippen molar-refractivity contribution in [3.05, 3.63) is 52.7 Å². The first kappa shape index (κ1) is 16.4. The van der Waals surface area contributed by atoms with Gasteiger partial charge in [-0.2, -0.15) is 0 Å². The molecule has 3 rings (SSSR count). The van der Waals surface area contributed by atoms with Crippen LogP contribution in [-0.4, -0.2) is 24.5 Å². The van der Waals surface area contributed by atoms with Crippen LogP contribution in [0.2, 0.25) is 0 Å². The number of nitrogens with one attached hydrogen (secondary N) is 2. The molecule has 0 aliphatic carbocycles. The Labute approximate surface area is 144 Å². The topological polar surface area (TPSA) is 67.4 Å². The van der Waals surface area contributed by atoms with Gasteiger partial charge in [-0.05, 0) is 54.6 Å². The molecule has 1 atom stereocenters. The number of hydrogen-bond donors (Lipinski definition) is 2. The zero-order chi connectivity index (χ0) is 16.8. The summed E-state index contributed by atoms with van der Waals surface area (Å²) in [7, 11) is 0. The van der Waals surface area contributed by atoms with Crippen molar-refractivity contribution in [3.63, 3.8) is 0 Å². The summed E-state index contributed by atoms with van der Waals surface area (Å²) in [6.07, 6.45) is 4.60. The zero-order valence-corrected chi connectivity index (χ0v) is 13.8. The van der Waals surface area contributed by atoms with Gasteiger partial charge in [0.25, 0.3) is 5.91 Å². The van der Waals surface area contributed by atoms with Crippen molar-refractivity contribution in [2.24, 2.45) is 0 Å². The van der Waals surface area contributed by atoms with E-state index in [9.17, 15) is 9.59 Å². The van der Waals surface area contributed by atoms with Crippen molar-refractivity contribution >= 4 is 40.6 Å². The third-order valence-electron chi connectivity index (χ3n) is 3.58. The maximum atomic E-state index is 12.0. The molecule has 24 heavy (non-hydrogen) atoms. The summed E-state index contributed by atoms with van der Waals surface area (Å²) in [6.45, 7) is 0.641. The van der Waals surface area contributed by atoms with E-state index in [2.05, 4.69) is 10.6 Å². The summed E-state index contributed by atoms with van der Waals surface area (Å²) in [5.74, 6) is -0.317. The van der Waals surface area contributed by atoms with Gasteiger partial charge in [0.15, 0.2) is 0 Å². The van der Waals surface area contributed by atoms with Gasteiger partial charge in [0, 0.05) is 28.9 Å². The molecule has 0 bridgehead atoms. The minimum Gasteiger partial charge on any atom is -0.368 e. The minimum atomic E-state index is -0.355. The van der Waals surface area contributed by atoms with Gasteiger partial charge < -0.3 is 15.4 Å². The number of thiophene rings is 1. The van der Waals surface area contributed by atoms with E-state index in [1.54, 1.807) is 41.7 Å². The van der Waals surface area contributed by atoms with E-state index >= 15 is 0 Å². The second-order valence-corrected chi connectivity index (χ2v) is 6.39. The van der Waals surface area contributed by atoms with Gasteiger partial charge in [-0.15, -0.1) is 11.3 Å². The van der Waals surface area contributed by atoms with Gasteiger partial charge in [-0.1, -0.05) is 6.07 Å². The number of hydrogen-bond acceptors (Lipinski definition) is 4. The molecule has 5 nitrogen and oxygen atoms in total.